The van der Waals surface area contributed by atoms with Gasteiger partial charge in [-0.3, -0.25) is 9.69 Å². The Balaban J connectivity index is 1.64. The fraction of sp³-hybridized carbons (Fsp3) is 0.588. The molecule has 2 aliphatic heterocycles. The summed E-state index contributed by atoms with van der Waals surface area (Å²) < 4.78 is 13.0. The molecule has 2 unspecified atom stereocenters. The first-order valence-corrected chi connectivity index (χ1v) is 8.11. The van der Waals surface area contributed by atoms with Crippen molar-refractivity contribution in [3.63, 3.8) is 0 Å². The lowest BCUT2D eigenvalue weighted by molar-refractivity contribution is -0.136. The molecule has 4 nitrogen and oxygen atoms in total. The van der Waals surface area contributed by atoms with E-state index in [1.807, 2.05) is 11.9 Å². The number of nitrogens with one attached hydrogen (secondary N) is 1. The third-order valence-electron chi connectivity index (χ3n) is 4.88. The first-order valence-electron chi connectivity index (χ1n) is 8.11. The molecule has 2 fully saturated rings. The fourth-order valence-electron chi connectivity index (χ4n) is 3.50. The molecular formula is C17H24FN3O. The molecule has 1 N–H and O–H groups in total. The zero-order valence-electron chi connectivity index (χ0n) is 13.1. The van der Waals surface area contributed by atoms with Crippen LogP contribution in [0.1, 0.15) is 24.8 Å². The average molecular weight is 305 g/mol. The van der Waals surface area contributed by atoms with Crippen molar-refractivity contribution in [2.45, 2.75) is 37.9 Å². The zero-order valence-corrected chi connectivity index (χ0v) is 13.1. The minimum Gasteiger partial charge on any atom is -0.340 e. The minimum atomic E-state index is -0.216. The molecule has 22 heavy (non-hydrogen) atoms. The number of likely N-dealkylation sites (tertiary alicyclic amines) is 1. The van der Waals surface area contributed by atoms with E-state index >= 15 is 0 Å². The molecule has 0 saturated carbocycles. The Morgan fingerprint density at radius 3 is 2.82 bits per heavy atom. The second kappa shape index (κ2) is 6.75. The third kappa shape index (κ3) is 3.31. The number of rotatable bonds is 4. The van der Waals surface area contributed by atoms with Gasteiger partial charge >= 0.3 is 0 Å². The van der Waals surface area contributed by atoms with Gasteiger partial charge in [0.15, 0.2) is 0 Å². The van der Waals surface area contributed by atoms with Gasteiger partial charge in [0.25, 0.3) is 0 Å². The fourth-order valence-corrected chi connectivity index (χ4v) is 3.50. The summed E-state index contributed by atoms with van der Waals surface area (Å²) in [4.78, 5) is 16.9. The van der Waals surface area contributed by atoms with E-state index < -0.39 is 0 Å². The van der Waals surface area contributed by atoms with Crippen molar-refractivity contribution in [1.29, 1.82) is 0 Å². The Hall–Kier alpha value is -1.46. The lowest BCUT2D eigenvalue weighted by atomic mass is 10.1. The van der Waals surface area contributed by atoms with Crippen molar-refractivity contribution in [2.24, 2.45) is 0 Å². The van der Waals surface area contributed by atoms with E-state index in [2.05, 4.69) is 10.2 Å². The van der Waals surface area contributed by atoms with Crippen molar-refractivity contribution in [3.05, 3.63) is 35.6 Å². The minimum absolute atomic E-state index is 0.0318. The average Bonchev–Trinajstić information content (AvgIpc) is 3.19. The predicted molar refractivity (Wildman–Crippen MR) is 83.9 cm³/mol. The van der Waals surface area contributed by atoms with Gasteiger partial charge in [-0.25, -0.2) is 4.39 Å². The molecule has 0 aliphatic carbocycles. The molecule has 0 radical (unpaired) electrons. The summed E-state index contributed by atoms with van der Waals surface area (Å²) in [6, 6.07) is 6.87. The van der Waals surface area contributed by atoms with Gasteiger partial charge in [-0.15, -0.1) is 0 Å². The standard InChI is InChI=1S/C17H24FN3O/c1-20(15-8-9-19-11-15)17(22)16-3-2-10-21(16)12-13-4-6-14(18)7-5-13/h4-7,15-16,19H,2-3,8-12H2,1H3. The molecule has 2 heterocycles. The Bertz CT molecular complexity index is 513. The lowest BCUT2D eigenvalue weighted by Crippen LogP contribution is -2.48. The largest absolute Gasteiger partial charge is 0.340 e. The topological polar surface area (TPSA) is 35.6 Å². The van der Waals surface area contributed by atoms with Crippen molar-refractivity contribution in [2.75, 3.05) is 26.7 Å². The number of hydrogen-bond donors (Lipinski definition) is 1. The Morgan fingerprint density at radius 1 is 1.36 bits per heavy atom. The molecule has 0 spiro atoms. The van der Waals surface area contributed by atoms with Gasteiger partial charge in [0.05, 0.1) is 6.04 Å². The number of likely N-dealkylation sites (N-methyl/N-ethyl adjacent to an activating group) is 1. The van der Waals surface area contributed by atoms with Gasteiger partial charge < -0.3 is 10.2 Å². The predicted octanol–water partition coefficient (Wildman–Crippen LogP) is 1.61. The van der Waals surface area contributed by atoms with Gasteiger partial charge in [0.2, 0.25) is 5.91 Å². The van der Waals surface area contributed by atoms with Crippen LogP contribution in [0.15, 0.2) is 24.3 Å². The summed E-state index contributed by atoms with van der Waals surface area (Å²) in [6.07, 6.45) is 3.01. The smallest absolute Gasteiger partial charge is 0.239 e. The van der Waals surface area contributed by atoms with Crippen LogP contribution < -0.4 is 5.32 Å². The van der Waals surface area contributed by atoms with Crippen molar-refractivity contribution in [3.8, 4) is 0 Å². The summed E-state index contributed by atoms with van der Waals surface area (Å²) in [7, 11) is 1.92. The Morgan fingerprint density at radius 2 is 2.14 bits per heavy atom. The first kappa shape index (κ1) is 15.4. The molecule has 1 aromatic carbocycles. The van der Waals surface area contributed by atoms with E-state index in [0.717, 1.165) is 44.5 Å². The highest BCUT2D eigenvalue weighted by Gasteiger charge is 2.35. The van der Waals surface area contributed by atoms with Crippen molar-refractivity contribution >= 4 is 5.91 Å². The second-order valence-electron chi connectivity index (χ2n) is 6.35. The summed E-state index contributed by atoms with van der Waals surface area (Å²) in [6.45, 7) is 3.54. The molecule has 0 bridgehead atoms. The Kier molecular flexibility index (Phi) is 4.74. The number of carbonyl (C=O) groups excluding carboxylic acids is 1. The summed E-state index contributed by atoms with van der Waals surface area (Å²) in [5.41, 5.74) is 1.06. The number of benzene rings is 1. The number of amides is 1. The molecule has 2 aliphatic rings. The van der Waals surface area contributed by atoms with Gasteiger partial charge in [0.1, 0.15) is 5.82 Å². The molecule has 3 rings (SSSR count). The van der Waals surface area contributed by atoms with Crippen molar-refractivity contribution < 1.29 is 9.18 Å². The quantitative estimate of drug-likeness (QED) is 0.918. The maximum absolute atomic E-state index is 13.0. The highest BCUT2D eigenvalue weighted by molar-refractivity contribution is 5.82. The van der Waals surface area contributed by atoms with E-state index in [1.165, 1.54) is 12.1 Å². The van der Waals surface area contributed by atoms with Gasteiger partial charge in [-0.2, -0.15) is 0 Å². The van der Waals surface area contributed by atoms with E-state index in [-0.39, 0.29) is 17.8 Å². The normalized spacial score (nSPS) is 25.5. The molecule has 1 amide bonds. The molecule has 5 heteroatoms. The second-order valence-corrected chi connectivity index (χ2v) is 6.35. The van der Waals surface area contributed by atoms with Crippen LogP contribution in [-0.4, -0.2) is 54.5 Å². The van der Waals surface area contributed by atoms with Crippen LogP contribution in [0.5, 0.6) is 0 Å². The first-order chi connectivity index (χ1) is 10.6. The van der Waals surface area contributed by atoms with Crippen LogP contribution in [0, 0.1) is 5.82 Å². The zero-order chi connectivity index (χ0) is 15.5. The molecule has 0 aromatic heterocycles. The lowest BCUT2D eigenvalue weighted by Gasteiger charge is -2.31. The van der Waals surface area contributed by atoms with E-state index in [9.17, 15) is 9.18 Å². The molecule has 1 aromatic rings. The van der Waals surface area contributed by atoms with Crippen LogP contribution in [0.2, 0.25) is 0 Å². The molecule has 2 atom stereocenters. The van der Waals surface area contributed by atoms with E-state index in [1.54, 1.807) is 12.1 Å². The maximum Gasteiger partial charge on any atom is 0.239 e. The monoisotopic (exact) mass is 305 g/mol. The van der Waals surface area contributed by atoms with Crippen LogP contribution in [0.25, 0.3) is 0 Å². The van der Waals surface area contributed by atoms with Crippen LogP contribution in [0.3, 0.4) is 0 Å². The summed E-state index contributed by atoms with van der Waals surface area (Å²) in [5.74, 6) is 0.0135. The van der Waals surface area contributed by atoms with Crippen molar-refractivity contribution in [1.82, 2.24) is 15.1 Å². The molecular weight excluding hydrogens is 281 g/mol. The molecule has 2 saturated heterocycles. The number of hydrogen-bond acceptors (Lipinski definition) is 3. The number of carbonyl (C=O) groups is 1. The van der Waals surface area contributed by atoms with Crippen LogP contribution in [-0.2, 0) is 11.3 Å². The van der Waals surface area contributed by atoms with Crippen LogP contribution >= 0.6 is 0 Å². The SMILES string of the molecule is CN(C(=O)C1CCCN1Cc1ccc(F)cc1)C1CCNC1. The Labute approximate surface area is 131 Å². The van der Waals surface area contributed by atoms with E-state index in [4.69, 9.17) is 0 Å². The summed E-state index contributed by atoms with van der Waals surface area (Å²) in [5, 5.41) is 3.31. The highest BCUT2D eigenvalue weighted by Crippen LogP contribution is 2.23. The third-order valence-corrected chi connectivity index (χ3v) is 4.88. The highest BCUT2D eigenvalue weighted by atomic mass is 19.1. The van der Waals surface area contributed by atoms with Gasteiger partial charge in [0, 0.05) is 26.2 Å². The van der Waals surface area contributed by atoms with E-state index in [0.29, 0.717) is 12.6 Å². The van der Waals surface area contributed by atoms with Crippen LogP contribution in [0.4, 0.5) is 4.39 Å². The number of halogens is 1. The molecule has 120 valence electrons. The maximum atomic E-state index is 13.0. The van der Waals surface area contributed by atoms with Gasteiger partial charge in [-0.1, -0.05) is 12.1 Å². The van der Waals surface area contributed by atoms with Gasteiger partial charge in [-0.05, 0) is 50.0 Å². The number of nitrogens with zero attached hydrogens (tertiary/aromatic N) is 2. The summed E-state index contributed by atoms with van der Waals surface area (Å²) >= 11 is 0.